The first kappa shape index (κ1) is 19.4. The van der Waals surface area contributed by atoms with Gasteiger partial charge in [-0.1, -0.05) is 66.2 Å². The third-order valence-electron chi connectivity index (χ3n) is 5.66. The van der Waals surface area contributed by atoms with E-state index < -0.39 is 6.10 Å². The molecule has 3 atom stereocenters. The fourth-order valence-corrected chi connectivity index (χ4v) is 3.99. The Balaban J connectivity index is 1.66. The average Bonchev–Trinajstić information content (AvgIpc) is 2.75. The van der Waals surface area contributed by atoms with Gasteiger partial charge in [-0.2, -0.15) is 0 Å². The smallest absolute Gasteiger partial charge is 0.258 e. The van der Waals surface area contributed by atoms with Gasteiger partial charge < -0.3 is 15.3 Å². The Morgan fingerprint density at radius 2 is 1.62 bits per heavy atom. The van der Waals surface area contributed by atoms with Gasteiger partial charge in [0, 0.05) is 17.8 Å². The minimum Gasteiger partial charge on any atom is -0.389 e. The molecular weight excluding hydrogens is 360 g/mol. The highest BCUT2D eigenvalue weighted by molar-refractivity contribution is 6.07. The van der Waals surface area contributed by atoms with E-state index in [0.29, 0.717) is 12.1 Å². The maximum atomic E-state index is 13.3. The summed E-state index contributed by atoms with van der Waals surface area (Å²) in [6.45, 7) is 4.55. The summed E-state index contributed by atoms with van der Waals surface area (Å²) >= 11 is 0. The molecule has 1 amide bonds. The molecule has 3 aromatic rings. The van der Waals surface area contributed by atoms with Gasteiger partial charge in [0.2, 0.25) is 0 Å². The zero-order valence-electron chi connectivity index (χ0n) is 16.7. The fourth-order valence-electron chi connectivity index (χ4n) is 3.99. The molecular formula is C25H26N2O2. The largest absolute Gasteiger partial charge is 0.389 e. The van der Waals surface area contributed by atoms with Gasteiger partial charge in [-0.25, -0.2) is 0 Å². The van der Waals surface area contributed by atoms with E-state index in [1.54, 1.807) is 4.90 Å². The Hall–Kier alpha value is -2.95. The standard InChI is InChI=1S/C25H26N2O2/c1-17-12-14-20(15-13-17)25(29)27-18(2)24(28)23(21-10-6-7-11-22(21)27)26-16-19-8-4-3-5-9-19/h3-15,18,23-24,26,28H,16H2,1-2H3/t18-,23+,24+/m1/s1. The summed E-state index contributed by atoms with van der Waals surface area (Å²) in [5.41, 5.74) is 4.68. The molecule has 0 aromatic heterocycles. The van der Waals surface area contributed by atoms with Crippen LogP contribution in [-0.4, -0.2) is 23.2 Å². The van der Waals surface area contributed by atoms with E-state index in [-0.39, 0.29) is 18.0 Å². The van der Waals surface area contributed by atoms with E-state index in [1.807, 2.05) is 80.6 Å². The SMILES string of the molecule is Cc1ccc(C(=O)N2c3ccccc3[C@H](NCc3ccccc3)[C@@H](O)[C@H]2C)cc1. The second-order valence-corrected chi connectivity index (χ2v) is 7.68. The number of aliphatic hydroxyl groups is 1. The molecule has 1 heterocycles. The van der Waals surface area contributed by atoms with Crippen LogP contribution in [0.4, 0.5) is 5.69 Å². The van der Waals surface area contributed by atoms with E-state index in [0.717, 1.165) is 22.4 Å². The number of nitrogens with zero attached hydrogens (tertiary/aromatic N) is 1. The van der Waals surface area contributed by atoms with Crippen molar-refractivity contribution in [3.63, 3.8) is 0 Å². The van der Waals surface area contributed by atoms with Crippen LogP contribution in [0.1, 0.15) is 40.0 Å². The minimum atomic E-state index is -0.719. The molecule has 4 heteroatoms. The molecule has 4 nitrogen and oxygen atoms in total. The van der Waals surface area contributed by atoms with Crippen molar-refractivity contribution in [2.24, 2.45) is 0 Å². The average molecular weight is 386 g/mol. The quantitative estimate of drug-likeness (QED) is 0.705. The van der Waals surface area contributed by atoms with E-state index in [2.05, 4.69) is 17.4 Å². The lowest BCUT2D eigenvalue weighted by Crippen LogP contribution is -2.54. The number of para-hydroxylation sites is 1. The highest BCUT2D eigenvalue weighted by Gasteiger charge is 2.40. The lowest BCUT2D eigenvalue weighted by molar-refractivity contribution is 0.0788. The number of hydrogen-bond donors (Lipinski definition) is 2. The van der Waals surface area contributed by atoms with Gasteiger partial charge in [-0.3, -0.25) is 4.79 Å². The highest BCUT2D eigenvalue weighted by Crippen LogP contribution is 2.38. The van der Waals surface area contributed by atoms with Crippen molar-refractivity contribution >= 4 is 11.6 Å². The maximum absolute atomic E-state index is 13.3. The Labute approximate surface area is 171 Å². The van der Waals surface area contributed by atoms with Crippen molar-refractivity contribution in [1.29, 1.82) is 0 Å². The second kappa shape index (κ2) is 8.19. The first-order valence-corrected chi connectivity index (χ1v) is 10.0. The highest BCUT2D eigenvalue weighted by atomic mass is 16.3. The Kier molecular flexibility index (Phi) is 5.47. The van der Waals surface area contributed by atoms with E-state index in [4.69, 9.17) is 0 Å². The van der Waals surface area contributed by atoms with Crippen LogP contribution in [0.25, 0.3) is 0 Å². The summed E-state index contributed by atoms with van der Waals surface area (Å²) < 4.78 is 0. The van der Waals surface area contributed by atoms with Crippen LogP contribution >= 0.6 is 0 Å². The molecule has 2 N–H and O–H groups in total. The zero-order chi connectivity index (χ0) is 20.4. The third-order valence-corrected chi connectivity index (χ3v) is 5.66. The van der Waals surface area contributed by atoms with Crippen molar-refractivity contribution in [3.8, 4) is 0 Å². The number of carbonyl (C=O) groups excluding carboxylic acids is 1. The number of hydrogen-bond acceptors (Lipinski definition) is 3. The number of carbonyl (C=O) groups is 1. The number of fused-ring (bicyclic) bond motifs is 1. The monoisotopic (exact) mass is 386 g/mol. The normalized spacial score (nSPS) is 20.9. The predicted molar refractivity (Wildman–Crippen MR) is 116 cm³/mol. The summed E-state index contributed by atoms with van der Waals surface area (Å²) in [7, 11) is 0. The number of nitrogens with one attached hydrogen (secondary N) is 1. The number of aliphatic hydroxyl groups excluding tert-OH is 1. The molecule has 0 aliphatic carbocycles. The molecule has 0 spiro atoms. The van der Waals surface area contributed by atoms with Gasteiger partial charge in [-0.15, -0.1) is 0 Å². The third kappa shape index (κ3) is 3.82. The summed E-state index contributed by atoms with van der Waals surface area (Å²) in [6, 6.07) is 24.9. The van der Waals surface area contributed by atoms with Crippen molar-refractivity contribution < 1.29 is 9.90 Å². The van der Waals surface area contributed by atoms with Crippen LogP contribution in [0.3, 0.4) is 0 Å². The van der Waals surface area contributed by atoms with Crippen LogP contribution in [0.15, 0.2) is 78.9 Å². The summed E-state index contributed by atoms with van der Waals surface area (Å²) in [5.74, 6) is -0.0921. The van der Waals surface area contributed by atoms with Gasteiger partial charge in [0.1, 0.15) is 0 Å². The molecule has 0 unspecified atom stereocenters. The lowest BCUT2D eigenvalue weighted by atomic mass is 9.88. The van der Waals surface area contributed by atoms with Crippen LogP contribution in [0.2, 0.25) is 0 Å². The molecule has 0 fully saturated rings. The van der Waals surface area contributed by atoms with Crippen molar-refractivity contribution in [3.05, 3.63) is 101 Å². The minimum absolute atomic E-state index is 0.0921. The first-order valence-electron chi connectivity index (χ1n) is 10.0. The van der Waals surface area contributed by atoms with Gasteiger partial charge in [0.15, 0.2) is 0 Å². The van der Waals surface area contributed by atoms with Crippen LogP contribution in [0, 0.1) is 6.92 Å². The summed E-state index contributed by atoms with van der Waals surface area (Å²) in [5, 5.41) is 14.6. The molecule has 1 aliphatic rings. The molecule has 0 radical (unpaired) electrons. The molecule has 1 aliphatic heterocycles. The number of amides is 1. The van der Waals surface area contributed by atoms with E-state index in [1.165, 1.54) is 0 Å². The molecule has 0 saturated heterocycles. The van der Waals surface area contributed by atoms with E-state index >= 15 is 0 Å². The first-order chi connectivity index (χ1) is 14.1. The summed E-state index contributed by atoms with van der Waals surface area (Å²) in [6.07, 6.45) is -0.719. The Morgan fingerprint density at radius 3 is 2.34 bits per heavy atom. The van der Waals surface area contributed by atoms with Crippen LogP contribution in [-0.2, 0) is 6.54 Å². The summed E-state index contributed by atoms with van der Waals surface area (Å²) in [4.78, 5) is 15.0. The van der Waals surface area contributed by atoms with E-state index in [9.17, 15) is 9.90 Å². The Morgan fingerprint density at radius 1 is 0.966 bits per heavy atom. The molecule has 148 valence electrons. The number of anilines is 1. The molecule has 4 rings (SSSR count). The van der Waals surface area contributed by atoms with Gasteiger partial charge in [0.25, 0.3) is 5.91 Å². The number of rotatable bonds is 4. The molecule has 3 aromatic carbocycles. The number of aryl methyl sites for hydroxylation is 1. The van der Waals surface area contributed by atoms with Gasteiger partial charge in [0.05, 0.1) is 18.2 Å². The van der Waals surface area contributed by atoms with Crippen molar-refractivity contribution in [1.82, 2.24) is 5.32 Å². The number of benzene rings is 3. The van der Waals surface area contributed by atoms with Crippen LogP contribution in [0.5, 0.6) is 0 Å². The maximum Gasteiger partial charge on any atom is 0.258 e. The fraction of sp³-hybridized carbons (Fsp3) is 0.240. The van der Waals surface area contributed by atoms with Gasteiger partial charge in [-0.05, 0) is 43.2 Å². The van der Waals surface area contributed by atoms with Crippen molar-refractivity contribution in [2.45, 2.75) is 38.6 Å². The van der Waals surface area contributed by atoms with Gasteiger partial charge >= 0.3 is 0 Å². The molecule has 29 heavy (non-hydrogen) atoms. The lowest BCUT2D eigenvalue weighted by Gasteiger charge is -2.43. The van der Waals surface area contributed by atoms with Crippen molar-refractivity contribution in [2.75, 3.05) is 4.90 Å². The topological polar surface area (TPSA) is 52.6 Å². The predicted octanol–water partition coefficient (Wildman–Crippen LogP) is 4.24. The second-order valence-electron chi connectivity index (χ2n) is 7.68. The molecule has 0 saturated carbocycles. The van der Waals surface area contributed by atoms with Crippen LogP contribution < -0.4 is 10.2 Å². The molecule has 0 bridgehead atoms. The zero-order valence-corrected chi connectivity index (χ0v) is 16.7. The Bertz CT molecular complexity index is 985.